The highest BCUT2D eigenvalue weighted by Gasteiger charge is 2.32. The molecule has 0 aliphatic carbocycles. The number of rotatable bonds is 11. The van der Waals surface area contributed by atoms with Crippen molar-refractivity contribution in [1.29, 1.82) is 0 Å². The number of carbonyl (C=O) groups is 2. The third-order valence-corrected chi connectivity index (χ3v) is 7.87. The SMILES string of the molecule is CC[C@@H](C)NC(=O)[C@@H](CC)N(Cc1ccc(Cl)c(Cl)c1)C(=O)CN(c1cccc(Br)c1)S(C)(=O)=O. The number of sulfonamides is 1. The Morgan fingerprint density at radius 1 is 1.06 bits per heavy atom. The van der Waals surface area contributed by atoms with Gasteiger partial charge in [-0.05, 0) is 55.7 Å². The van der Waals surface area contributed by atoms with Crippen LogP contribution in [0.5, 0.6) is 0 Å². The molecule has 0 aromatic heterocycles. The Bertz CT molecular complexity index is 1160. The zero-order chi connectivity index (χ0) is 26.3. The Morgan fingerprint density at radius 2 is 1.74 bits per heavy atom. The monoisotopic (exact) mass is 605 g/mol. The summed E-state index contributed by atoms with van der Waals surface area (Å²) in [5, 5.41) is 3.62. The molecule has 2 aromatic carbocycles. The number of amides is 2. The minimum Gasteiger partial charge on any atom is -0.352 e. The molecule has 0 fully saturated rings. The fourth-order valence-electron chi connectivity index (χ4n) is 3.44. The molecule has 0 unspecified atom stereocenters. The van der Waals surface area contributed by atoms with Crippen molar-refractivity contribution < 1.29 is 18.0 Å². The first kappa shape index (κ1) is 29.4. The molecule has 2 rings (SSSR count). The first-order chi connectivity index (χ1) is 16.4. The van der Waals surface area contributed by atoms with Crippen LogP contribution in [-0.4, -0.2) is 50.0 Å². The summed E-state index contributed by atoms with van der Waals surface area (Å²) in [6.45, 7) is 5.22. The average Bonchev–Trinajstić information content (AvgIpc) is 2.78. The number of halogens is 3. The first-order valence-electron chi connectivity index (χ1n) is 11.1. The third-order valence-electron chi connectivity index (χ3n) is 5.50. The first-order valence-corrected chi connectivity index (χ1v) is 14.5. The maximum Gasteiger partial charge on any atom is 0.244 e. The summed E-state index contributed by atoms with van der Waals surface area (Å²) >= 11 is 15.6. The number of anilines is 1. The van der Waals surface area contributed by atoms with Crippen molar-refractivity contribution in [2.75, 3.05) is 17.1 Å². The second kappa shape index (κ2) is 12.9. The lowest BCUT2D eigenvalue weighted by atomic mass is 10.1. The lowest BCUT2D eigenvalue weighted by Crippen LogP contribution is -2.53. The van der Waals surface area contributed by atoms with Crippen LogP contribution < -0.4 is 9.62 Å². The van der Waals surface area contributed by atoms with Crippen LogP contribution in [0, 0.1) is 0 Å². The van der Waals surface area contributed by atoms with Gasteiger partial charge in [0.15, 0.2) is 0 Å². The maximum atomic E-state index is 13.6. The van der Waals surface area contributed by atoms with E-state index in [2.05, 4.69) is 21.2 Å². The van der Waals surface area contributed by atoms with E-state index in [1.54, 1.807) is 49.4 Å². The quantitative estimate of drug-likeness (QED) is 0.379. The van der Waals surface area contributed by atoms with Crippen molar-refractivity contribution in [3.63, 3.8) is 0 Å². The van der Waals surface area contributed by atoms with Crippen LogP contribution in [0.25, 0.3) is 0 Å². The highest BCUT2D eigenvalue weighted by Crippen LogP contribution is 2.25. The van der Waals surface area contributed by atoms with Gasteiger partial charge < -0.3 is 10.2 Å². The molecule has 0 bridgehead atoms. The molecule has 0 radical (unpaired) electrons. The van der Waals surface area contributed by atoms with Gasteiger partial charge in [0.05, 0.1) is 22.0 Å². The minimum absolute atomic E-state index is 0.0538. The number of hydrogen-bond donors (Lipinski definition) is 1. The molecule has 7 nitrogen and oxygen atoms in total. The zero-order valence-electron chi connectivity index (χ0n) is 20.1. The van der Waals surface area contributed by atoms with Gasteiger partial charge in [0.2, 0.25) is 21.8 Å². The van der Waals surface area contributed by atoms with Crippen LogP contribution >= 0.6 is 39.1 Å². The standard InChI is InChI=1S/C24H30BrCl2N3O4S/c1-5-16(3)28-24(32)22(6-2)29(14-17-10-11-20(26)21(27)12-17)23(31)15-30(35(4,33)34)19-9-7-8-18(25)13-19/h7-13,16,22H,5-6,14-15H2,1-4H3,(H,28,32)/t16-,22-/m1/s1. The molecule has 0 aliphatic heterocycles. The van der Waals surface area contributed by atoms with E-state index in [-0.39, 0.29) is 18.5 Å². The lowest BCUT2D eigenvalue weighted by molar-refractivity contribution is -0.140. The van der Waals surface area contributed by atoms with Crippen molar-refractivity contribution in [2.45, 2.75) is 52.2 Å². The number of benzene rings is 2. The molecule has 0 saturated heterocycles. The Hall–Kier alpha value is -1.81. The van der Waals surface area contributed by atoms with Gasteiger partial charge in [-0.1, -0.05) is 65.1 Å². The Morgan fingerprint density at radius 3 is 2.29 bits per heavy atom. The van der Waals surface area contributed by atoms with Gasteiger partial charge in [-0.3, -0.25) is 13.9 Å². The van der Waals surface area contributed by atoms with Gasteiger partial charge in [-0.15, -0.1) is 0 Å². The summed E-state index contributed by atoms with van der Waals surface area (Å²) in [5.41, 5.74) is 0.998. The van der Waals surface area contributed by atoms with Crippen LogP contribution in [0.4, 0.5) is 5.69 Å². The molecule has 192 valence electrons. The van der Waals surface area contributed by atoms with E-state index in [1.807, 2.05) is 13.8 Å². The van der Waals surface area contributed by atoms with E-state index in [0.717, 1.165) is 17.0 Å². The highest BCUT2D eigenvalue weighted by atomic mass is 79.9. The average molecular weight is 607 g/mol. The number of nitrogens with zero attached hydrogens (tertiary/aromatic N) is 2. The molecule has 0 aliphatic rings. The van der Waals surface area contributed by atoms with E-state index in [0.29, 0.717) is 32.2 Å². The van der Waals surface area contributed by atoms with Crippen molar-refractivity contribution in [2.24, 2.45) is 0 Å². The van der Waals surface area contributed by atoms with E-state index < -0.39 is 28.5 Å². The molecule has 2 atom stereocenters. The second-order valence-electron chi connectivity index (χ2n) is 8.26. The molecular weight excluding hydrogens is 577 g/mol. The summed E-state index contributed by atoms with van der Waals surface area (Å²) in [7, 11) is -3.80. The minimum atomic E-state index is -3.80. The Labute approximate surface area is 225 Å². The van der Waals surface area contributed by atoms with Crippen LogP contribution in [0.1, 0.15) is 39.2 Å². The van der Waals surface area contributed by atoms with Gasteiger partial charge in [0, 0.05) is 17.1 Å². The smallest absolute Gasteiger partial charge is 0.244 e. The molecular formula is C24H30BrCl2N3O4S. The summed E-state index contributed by atoms with van der Waals surface area (Å²) in [4.78, 5) is 28.1. The fraction of sp³-hybridized carbons (Fsp3) is 0.417. The summed E-state index contributed by atoms with van der Waals surface area (Å²) in [6, 6.07) is 10.7. The van der Waals surface area contributed by atoms with Crippen molar-refractivity contribution in [3.8, 4) is 0 Å². The zero-order valence-corrected chi connectivity index (χ0v) is 24.0. The third kappa shape index (κ3) is 8.37. The van der Waals surface area contributed by atoms with Gasteiger partial charge in [-0.2, -0.15) is 0 Å². The van der Waals surface area contributed by atoms with Gasteiger partial charge >= 0.3 is 0 Å². The van der Waals surface area contributed by atoms with E-state index in [9.17, 15) is 18.0 Å². The summed E-state index contributed by atoms with van der Waals surface area (Å²) in [5.74, 6) is -0.823. The molecule has 11 heteroatoms. The van der Waals surface area contributed by atoms with Crippen molar-refractivity contribution >= 4 is 66.7 Å². The normalized spacial score (nSPS) is 13.1. The molecule has 0 spiro atoms. The van der Waals surface area contributed by atoms with Gasteiger partial charge in [0.25, 0.3) is 0 Å². The lowest BCUT2D eigenvalue weighted by Gasteiger charge is -2.33. The second-order valence-corrected chi connectivity index (χ2v) is 11.9. The Kier molecular flexibility index (Phi) is 10.9. The van der Waals surface area contributed by atoms with E-state index in [1.165, 1.54) is 4.90 Å². The molecule has 1 N–H and O–H groups in total. The van der Waals surface area contributed by atoms with E-state index >= 15 is 0 Å². The molecule has 2 amide bonds. The molecule has 2 aromatic rings. The summed E-state index contributed by atoms with van der Waals surface area (Å²) < 4.78 is 27.0. The van der Waals surface area contributed by atoms with Crippen LogP contribution in [0.2, 0.25) is 10.0 Å². The maximum absolute atomic E-state index is 13.6. The molecule has 35 heavy (non-hydrogen) atoms. The van der Waals surface area contributed by atoms with E-state index in [4.69, 9.17) is 23.2 Å². The van der Waals surface area contributed by atoms with Crippen LogP contribution in [0.3, 0.4) is 0 Å². The summed E-state index contributed by atoms with van der Waals surface area (Å²) in [6.07, 6.45) is 2.11. The number of hydrogen-bond acceptors (Lipinski definition) is 4. The Balaban J connectivity index is 2.46. The van der Waals surface area contributed by atoms with Crippen LogP contribution in [-0.2, 0) is 26.2 Å². The predicted molar refractivity (Wildman–Crippen MR) is 145 cm³/mol. The predicted octanol–water partition coefficient (Wildman–Crippen LogP) is 5.24. The van der Waals surface area contributed by atoms with Crippen molar-refractivity contribution in [3.05, 3.63) is 62.5 Å². The van der Waals surface area contributed by atoms with Gasteiger partial charge in [-0.25, -0.2) is 8.42 Å². The van der Waals surface area contributed by atoms with Crippen molar-refractivity contribution in [1.82, 2.24) is 10.2 Å². The topological polar surface area (TPSA) is 86.8 Å². The molecule has 0 heterocycles. The largest absolute Gasteiger partial charge is 0.352 e. The number of carbonyl (C=O) groups excluding carboxylic acids is 2. The highest BCUT2D eigenvalue weighted by molar-refractivity contribution is 9.10. The number of nitrogens with one attached hydrogen (secondary N) is 1. The van der Waals surface area contributed by atoms with Gasteiger partial charge in [0.1, 0.15) is 12.6 Å². The fourth-order valence-corrected chi connectivity index (χ4v) is 4.99. The molecule has 0 saturated carbocycles. The van der Waals surface area contributed by atoms with Crippen LogP contribution in [0.15, 0.2) is 46.9 Å².